The molecular weight excluding hydrogens is 446 g/mol. The van der Waals surface area contributed by atoms with Crippen molar-refractivity contribution >= 4 is 11.8 Å². The molecule has 2 aromatic heterocycles. The van der Waals surface area contributed by atoms with Crippen molar-refractivity contribution in [2.24, 2.45) is 0 Å². The summed E-state index contributed by atoms with van der Waals surface area (Å²) in [5, 5.41) is 28.8. The molecule has 0 bridgehead atoms. The minimum Gasteiger partial charge on any atom is -0.347 e. The highest BCUT2D eigenvalue weighted by Crippen LogP contribution is 2.33. The Morgan fingerprint density at radius 3 is 2.74 bits per heavy atom. The summed E-state index contributed by atoms with van der Waals surface area (Å²) < 4.78 is 0. The summed E-state index contributed by atoms with van der Waals surface area (Å²) in [4.78, 5) is 33.5. The number of carbonyl (C=O) groups is 2. The number of nitriles is 1. The third-order valence-corrected chi connectivity index (χ3v) is 5.77. The lowest BCUT2D eigenvalue weighted by Crippen LogP contribution is -2.29. The van der Waals surface area contributed by atoms with Crippen LogP contribution in [0.2, 0.25) is 0 Å². The second-order valence-electron chi connectivity index (χ2n) is 8.00. The molecule has 0 saturated carbocycles. The average molecular weight is 465 g/mol. The van der Waals surface area contributed by atoms with Gasteiger partial charge in [0.25, 0.3) is 11.8 Å². The summed E-state index contributed by atoms with van der Waals surface area (Å²) in [5.74, 6) is -0.308. The SMILES string of the molecule is N#Cc1cccc(CNC(=O)c2cc(C(=O)N[C@@H]3CCc4cc(-c5nn[nH]n5)ccc43)ncn2)c1. The van der Waals surface area contributed by atoms with Gasteiger partial charge in [-0.15, -0.1) is 10.2 Å². The highest BCUT2D eigenvalue weighted by atomic mass is 16.2. The van der Waals surface area contributed by atoms with Crippen LogP contribution in [0.1, 0.15) is 55.7 Å². The van der Waals surface area contributed by atoms with Crippen LogP contribution in [0.4, 0.5) is 0 Å². The van der Waals surface area contributed by atoms with Crippen molar-refractivity contribution in [1.82, 2.24) is 41.2 Å². The quantitative estimate of drug-likeness (QED) is 0.389. The molecule has 2 amide bonds. The van der Waals surface area contributed by atoms with Gasteiger partial charge in [0, 0.05) is 18.2 Å². The van der Waals surface area contributed by atoms with Crippen molar-refractivity contribution in [3.05, 3.63) is 88.5 Å². The number of aromatic nitrogens is 6. The molecule has 3 N–H and O–H groups in total. The van der Waals surface area contributed by atoms with Crippen molar-refractivity contribution < 1.29 is 9.59 Å². The van der Waals surface area contributed by atoms with Crippen LogP contribution < -0.4 is 10.6 Å². The van der Waals surface area contributed by atoms with E-state index in [1.807, 2.05) is 24.3 Å². The van der Waals surface area contributed by atoms with Gasteiger partial charge in [-0.05, 0) is 52.9 Å². The molecule has 11 heteroatoms. The molecule has 172 valence electrons. The predicted octanol–water partition coefficient (Wildman–Crippen LogP) is 1.88. The molecule has 0 radical (unpaired) electrons. The van der Waals surface area contributed by atoms with Crippen LogP contribution in [-0.4, -0.2) is 42.4 Å². The molecule has 1 aliphatic carbocycles. The van der Waals surface area contributed by atoms with Crippen LogP contribution in [0, 0.1) is 11.3 Å². The molecule has 2 aromatic carbocycles. The van der Waals surface area contributed by atoms with E-state index < -0.39 is 5.91 Å². The second-order valence-corrected chi connectivity index (χ2v) is 8.00. The number of hydrogen-bond donors (Lipinski definition) is 3. The van der Waals surface area contributed by atoms with E-state index in [-0.39, 0.29) is 29.9 Å². The summed E-state index contributed by atoms with van der Waals surface area (Å²) in [7, 11) is 0. The molecule has 35 heavy (non-hydrogen) atoms. The number of amides is 2. The molecule has 2 heterocycles. The van der Waals surface area contributed by atoms with Gasteiger partial charge in [-0.25, -0.2) is 9.97 Å². The van der Waals surface area contributed by atoms with Crippen LogP contribution in [0.15, 0.2) is 54.9 Å². The Kier molecular flexibility index (Phi) is 5.92. The van der Waals surface area contributed by atoms with Crippen molar-refractivity contribution in [2.75, 3.05) is 0 Å². The first-order chi connectivity index (χ1) is 17.1. The largest absolute Gasteiger partial charge is 0.347 e. The molecule has 0 unspecified atom stereocenters. The molecule has 1 atom stereocenters. The summed E-state index contributed by atoms with van der Waals surface area (Å²) in [6, 6.07) is 16.1. The van der Waals surface area contributed by atoms with Gasteiger partial charge in [0.05, 0.1) is 17.7 Å². The molecular formula is C24H19N9O2. The highest BCUT2D eigenvalue weighted by molar-refractivity contribution is 5.97. The van der Waals surface area contributed by atoms with Crippen LogP contribution in [0.5, 0.6) is 0 Å². The van der Waals surface area contributed by atoms with Gasteiger partial charge >= 0.3 is 0 Å². The van der Waals surface area contributed by atoms with E-state index in [0.29, 0.717) is 11.4 Å². The minimum absolute atomic E-state index is 0.0816. The average Bonchev–Trinajstić information content (AvgIpc) is 3.58. The fourth-order valence-corrected chi connectivity index (χ4v) is 4.05. The van der Waals surface area contributed by atoms with E-state index >= 15 is 0 Å². The lowest BCUT2D eigenvalue weighted by molar-refractivity contribution is 0.0931. The smallest absolute Gasteiger partial charge is 0.270 e. The second kappa shape index (κ2) is 9.48. The van der Waals surface area contributed by atoms with Crippen molar-refractivity contribution in [3.63, 3.8) is 0 Å². The van der Waals surface area contributed by atoms with Crippen LogP contribution in [-0.2, 0) is 13.0 Å². The Labute approximate surface area is 199 Å². The van der Waals surface area contributed by atoms with Gasteiger partial charge in [-0.1, -0.05) is 24.3 Å². The lowest BCUT2D eigenvalue weighted by Gasteiger charge is -2.14. The van der Waals surface area contributed by atoms with E-state index in [1.54, 1.807) is 18.2 Å². The zero-order valence-electron chi connectivity index (χ0n) is 18.4. The first-order valence-corrected chi connectivity index (χ1v) is 10.9. The topological polar surface area (TPSA) is 162 Å². The Balaban J connectivity index is 1.24. The molecule has 0 spiro atoms. The monoisotopic (exact) mass is 465 g/mol. The normalized spacial score (nSPS) is 14.1. The zero-order valence-corrected chi connectivity index (χ0v) is 18.4. The van der Waals surface area contributed by atoms with Crippen LogP contribution in [0.3, 0.4) is 0 Å². The van der Waals surface area contributed by atoms with Crippen molar-refractivity contribution in [1.29, 1.82) is 5.26 Å². The van der Waals surface area contributed by atoms with Crippen molar-refractivity contribution in [2.45, 2.75) is 25.4 Å². The number of H-pyrrole nitrogens is 1. The Bertz CT molecular complexity index is 1440. The summed E-state index contributed by atoms with van der Waals surface area (Å²) >= 11 is 0. The number of nitrogens with zero attached hydrogens (tertiary/aromatic N) is 6. The number of rotatable bonds is 6. The van der Waals surface area contributed by atoms with E-state index in [4.69, 9.17) is 5.26 Å². The fraction of sp³-hybridized carbons (Fsp3) is 0.167. The molecule has 0 aliphatic heterocycles. The molecule has 11 nitrogen and oxygen atoms in total. The number of benzene rings is 2. The van der Waals surface area contributed by atoms with Gasteiger partial charge < -0.3 is 10.6 Å². The number of hydrogen-bond acceptors (Lipinski definition) is 8. The first kappa shape index (κ1) is 21.8. The Morgan fingerprint density at radius 1 is 1.09 bits per heavy atom. The number of tetrazole rings is 1. The molecule has 5 rings (SSSR count). The molecule has 4 aromatic rings. The number of aromatic amines is 1. The van der Waals surface area contributed by atoms with Gasteiger partial charge in [-0.2, -0.15) is 10.5 Å². The highest BCUT2D eigenvalue weighted by Gasteiger charge is 2.26. The minimum atomic E-state index is -0.441. The summed E-state index contributed by atoms with van der Waals surface area (Å²) in [6.45, 7) is 0.227. The maximum Gasteiger partial charge on any atom is 0.270 e. The van der Waals surface area contributed by atoms with E-state index in [9.17, 15) is 9.59 Å². The van der Waals surface area contributed by atoms with Gasteiger partial charge in [0.1, 0.15) is 17.7 Å². The number of nitrogens with one attached hydrogen (secondary N) is 3. The maximum atomic E-state index is 12.9. The summed E-state index contributed by atoms with van der Waals surface area (Å²) in [5.41, 5.74) is 4.48. The van der Waals surface area contributed by atoms with E-state index in [1.165, 1.54) is 12.4 Å². The lowest BCUT2D eigenvalue weighted by atomic mass is 10.0. The molecule has 1 aliphatic rings. The van der Waals surface area contributed by atoms with Crippen molar-refractivity contribution in [3.8, 4) is 17.5 Å². The maximum absolute atomic E-state index is 12.9. The van der Waals surface area contributed by atoms with E-state index in [0.717, 1.165) is 35.1 Å². The number of fused-ring (bicyclic) bond motifs is 1. The van der Waals surface area contributed by atoms with Crippen LogP contribution >= 0.6 is 0 Å². The molecule has 0 saturated heterocycles. The summed E-state index contributed by atoms with van der Waals surface area (Å²) in [6.07, 6.45) is 2.74. The first-order valence-electron chi connectivity index (χ1n) is 10.9. The standard InChI is InChI=1S/C24H19N9O2/c25-11-14-2-1-3-15(8-14)12-26-23(34)20-10-21(28-13-27-20)24(35)29-19-7-5-16-9-17(4-6-18(16)19)22-30-32-33-31-22/h1-4,6,8-10,13,19H,5,7,12H2,(H,26,34)(H,29,35)(H,30,31,32,33)/t19-/m1/s1. The fourth-order valence-electron chi connectivity index (χ4n) is 4.05. The molecule has 0 fully saturated rings. The number of aryl methyl sites for hydroxylation is 1. The number of carbonyl (C=O) groups excluding carboxylic acids is 2. The third kappa shape index (κ3) is 4.72. The van der Waals surface area contributed by atoms with Crippen LogP contribution in [0.25, 0.3) is 11.4 Å². The van der Waals surface area contributed by atoms with Gasteiger partial charge in [0.15, 0.2) is 0 Å². The Hall–Kier alpha value is -4.98. The van der Waals surface area contributed by atoms with Gasteiger partial charge in [-0.3, -0.25) is 9.59 Å². The predicted molar refractivity (Wildman–Crippen MR) is 123 cm³/mol. The Morgan fingerprint density at radius 2 is 1.94 bits per heavy atom. The third-order valence-electron chi connectivity index (χ3n) is 5.77. The zero-order chi connectivity index (χ0) is 24.2. The van der Waals surface area contributed by atoms with E-state index in [2.05, 4.69) is 47.3 Å². The van der Waals surface area contributed by atoms with Gasteiger partial charge in [0.2, 0.25) is 5.82 Å².